The van der Waals surface area contributed by atoms with Crippen molar-refractivity contribution < 1.29 is 29.0 Å². The van der Waals surface area contributed by atoms with E-state index in [-0.39, 0.29) is 13.0 Å². The van der Waals surface area contributed by atoms with Gasteiger partial charge < -0.3 is 19.5 Å². The first-order chi connectivity index (χ1) is 16.3. The Hall–Kier alpha value is -3.55. The molecule has 1 atom stereocenters. The van der Waals surface area contributed by atoms with Crippen molar-refractivity contribution in [2.45, 2.75) is 63.8 Å². The van der Waals surface area contributed by atoms with Crippen molar-refractivity contribution in [3.63, 3.8) is 0 Å². The minimum Gasteiger partial charge on any atom is -0.497 e. The number of hydrogen-bond acceptors (Lipinski definition) is 5. The van der Waals surface area contributed by atoms with E-state index in [0.29, 0.717) is 18.6 Å². The maximum atomic E-state index is 12.9. The zero-order valence-electron chi connectivity index (χ0n) is 19.7. The first-order valence-corrected chi connectivity index (χ1v) is 11.5. The lowest BCUT2D eigenvalue weighted by atomic mass is 9.85. The Kier molecular flexibility index (Phi) is 8.51. The molecule has 0 radical (unpaired) electrons. The molecule has 2 N–H and O–H groups in total. The minimum atomic E-state index is -1.15. The fourth-order valence-electron chi connectivity index (χ4n) is 4.61. The molecule has 0 aliphatic heterocycles. The fourth-order valence-corrected chi connectivity index (χ4v) is 4.61. The molecule has 3 rings (SSSR count). The molecular weight excluding hydrogens is 436 g/mol. The summed E-state index contributed by atoms with van der Waals surface area (Å²) in [7, 11) is 1.56. The van der Waals surface area contributed by atoms with Gasteiger partial charge in [0.05, 0.1) is 7.11 Å². The lowest BCUT2D eigenvalue weighted by Crippen LogP contribution is -2.67. The van der Waals surface area contributed by atoms with E-state index in [1.807, 2.05) is 30.3 Å². The number of nitrogens with one attached hydrogen (secondary N) is 1. The predicted molar refractivity (Wildman–Crippen MR) is 126 cm³/mol. The summed E-state index contributed by atoms with van der Waals surface area (Å²) in [5.74, 6) is -0.882. The number of nitrogens with zero attached hydrogens (tertiary/aromatic N) is 1. The van der Waals surface area contributed by atoms with E-state index < -0.39 is 29.7 Å². The predicted octanol–water partition coefficient (Wildman–Crippen LogP) is 4.13. The molecule has 0 spiro atoms. The Bertz CT molecular complexity index is 971. The minimum absolute atomic E-state index is 0.0804. The van der Waals surface area contributed by atoms with E-state index in [1.54, 1.807) is 31.4 Å². The molecule has 2 amide bonds. The second-order valence-electron chi connectivity index (χ2n) is 8.57. The zero-order chi connectivity index (χ0) is 24.6. The van der Waals surface area contributed by atoms with Gasteiger partial charge in [-0.3, -0.25) is 10.1 Å². The summed E-state index contributed by atoms with van der Waals surface area (Å²) >= 11 is 0. The summed E-state index contributed by atoms with van der Waals surface area (Å²) in [6.07, 6.45) is 2.81. The highest BCUT2D eigenvalue weighted by Gasteiger charge is 2.46. The number of hydrogen-bond donors (Lipinski definition) is 2. The lowest BCUT2D eigenvalue weighted by molar-refractivity contribution is -0.158. The van der Waals surface area contributed by atoms with Gasteiger partial charge in [-0.05, 0) is 48.9 Å². The number of benzene rings is 2. The summed E-state index contributed by atoms with van der Waals surface area (Å²) < 4.78 is 10.6. The van der Waals surface area contributed by atoms with Crippen LogP contribution in [0.25, 0.3) is 0 Å². The molecule has 0 aromatic heterocycles. The molecule has 2 aromatic carbocycles. The number of carboxylic acids is 1. The van der Waals surface area contributed by atoms with Crippen molar-refractivity contribution in [3.8, 4) is 5.75 Å². The van der Waals surface area contributed by atoms with Crippen LogP contribution < -0.4 is 10.1 Å². The van der Waals surface area contributed by atoms with Gasteiger partial charge in [0.1, 0.15) is 24.1 Å². The quantitative estimate of drug-likeness (QED) is 0.536. The van der Waals surface area contributed by atoms with Crippen molar-refractivity contribution in [3.05, 3.63) is 65.7 Å². The third-order valence-corrected chi connectivity index (χ3v) is 6.21. The van der Waals surface area contributed by atoms with Crippen LogP contribution in [-0.2, 0) is 27.4 Å². The number of amides is 2. The SMILES string of the molecule is COc1ccc(C[C@@H](C(=O)O)N(C(C)=O)C2(NC(=O)OCc3ccccc3)CCCCC2)cc1. The molecular formula is C26H32N2O6. The van der Waals surface area contributed by atoms with Crippen LogP contribution in [0.1, 0.15) is 50.2 Å². The molecule has 8 nitrogen and oxygen atoms in total. The van der Waals surface area contributed by atoms with Crippen molar-refractivity contribution >= 4 is 18.0 Å². The van der Waals surface area contributed by atoms with Crippen LogP contribution in [0.15, 0.2) is 54.6 Å². The number of rotatable bonds is 9. The Labute approximate surface area is 199 Å². The largest absolute Gasteiger partial charge is 0.497 e. The molecule has 34 heavy (non-hydrogen) atoms. The molecule has 1 aliphatic carbocycles. The van der Waals surface area contributed by atoms with E-state index in [9.17, 15) is 19.5 Å². The van der Waals surface area contributed by atoms with Gasteiger partial charge >= 0.3 is 12.1 Å². The molecule has 0 heterocycles. The third kappa shape index (κ3) is 6.27. The molecule has 0 unspecified atom stereocenters. The van der Waals surface area contributed by atoms with Gasteiger partial charge in [0, 0.05) is 13.3 Å². The Morgan fingerprint density at radius 3 is 2.21 bits per heavy atom. The van der Waals surface area contributed by atoms with Crippen molar-refractivity contribution in [1.29, 1.82) is 0 Å². The van der Waals surface area contributed by atoms with E-state index in [1.165, 1.54) is 11.8 Å². The van der Waals surface area contributed by atoms with Crippen LogP contribution >= 0.6 is 0 Å². The Morgan fingerprint density at radius 1 is 1.00 bits per heavy atom. The summed E-state index contributed by atoms with van der Waals surface area (Å²) in [5.41, 5.74) is 0.451. The molecule has 1 saturated carbocycles. The Balaban J connectivity index is 1.84. The van der Waals surface area contributed by atoms with Crippen molar-refractivity contribution in [2.75, 3.05) is 7.11 Å². The van der Waals surface area contributed by atoms with Crippen molar-refractivity contribution in [2.24, 2.45) is 0 Å². The third-order valence-electron chi connectivity index (χ3n) is 6.21. The van der Waals surface area contributed by atoms with E-state index >= 15 is 0 Å². The highest BCUT2D eigenvalue weighted by Crippen LogP contribution is 2.34. The zero-order valence-corrected chi connectivity index (χ0v) is 19.7. The lowest BCUT2D eigenvalue weighted by Gasteiger charge is -2.48. The molecule has 1 fully saturated rings. The number of carbonyl (C=O) groups is 3. The van der Waals surface area contributed by atoms with Crippen LogP contribution in [0.3, 0.4) is 0 Å². The van der Waals surface area contributed by atoms with Crippen LogP contribution in [0.5, 0.6) is 5.75 Å². The monoisotopic (exact) mass is 468 g/mol. The Morgan fingerprint density at radius 2 is 1.65 bits per heavy atom. The smallest absolute Gasteiger partial charge is 0.409 e. The van der Waals surface area contributed by atoms with Gasteiger partial charge in [0.25, 0.3) is 0 Å². The first kappa shape index (κ1) is 25.1. The maximum absolute atomic E-state index is 12.9. The van der Waals surface area contributed by atoms with Crippen LogP contribution in [0.4, 0.5) is 4.79 Å². The number of methoxy groups -OCH3 is 1. The van der Waals surface area contributed by atoms with Gasteiger partial charge in [-0.15, -0.1) is 0 Å². The van der Waals surface area contributed by atoms with Gasteiger partial charge in [0.2, 0.25) is 5.91 Å². The molecule has 8 heteroatoms. The second-order valence-corrected chi connectivity index (χ2v) is 8.57. The first-order valence-electron chi connectivity index (χ1n) is 11.5. The molecule has 2 aromatic rings. The van der Waals surface area contributed by atoms with Crippen LogP contribution in [0.2, 0.25) is 0 Å². The average molecular weight is 469 g/mol. The average Bonchev–Trinajstić information content (AvgIpc) is 2.83. The van der Waals surface area contributed by atoms with Crippen LogP contribution in [0, 0.1) is 0 Å². The normalized spacial score (nSPS) is 15.6. The number of ether oxygens (including phenoxy) is 2. The second kappa shape index (κ2) is 11.5. The number of carboxylic acid groups (broad SMARTS) is 1. The van der Waals surface area contributed by atoms with E-state index in [4.69, 9.17) is 9.47 Å². The summed E-state index contributed by atoms with van der Waals surface area (Å²) in [6.45, 7) is 1.42. The maximum Gasteiger partial charge on any atom is 0.409 e. The van der Waals surface area contributed by atoms with Gasteiger partial charge in [-0.25, -0.2) is 9.59 Å². The van der Waals surface area contributed by atoms with Gasteiger partial charge in [-0.2, -0.15) is 0 Å². The number of alkyl carbamates (subject to hydrolysis) is 1. The molecule has 0 bridgehead atoms. The highest BCUT2D eigenvalue weighted by molar-refractivity contribution is 5.84. The van der Waals surface area contributed by atoms with Gasteiger partial charge in [-0.1, -0.05) is 48.9 Å². The standard InChI is InChI=1S/C26H32N2O6/c1-19(29)28(23(24(30)31)17-20-11-13-22(33-2)14-12-20)26(15-7-4-8-16-26)27-25(32)34-18-21-9-5-3-6-10-21/h3,5-6,9-14,23H,4,7-8,15-18H2,1-2H3,(H,27,32)(H,30,31)/t23-/m0/s1. The highest BCUT2D eigenvalue weighted by atomic mass is 16.5. The number of aliphatic carboxylic acids is 1. The van der Waals surface area contributed by atoms with E-state index in [0.717, 1.165) is 30.4 Å². The summed E-state index contributed by atoms with van der Waals surface area (Å²) in [4.78, 5) is 39.4. The molecule has 182 valence electrons. The van der Waals surface area contributed by atoms with Crippen molar-refractivity contribution in [1.82, 2.24) is 10.2 Å². The summed E-state index contributed by atoms with van der Waals surface area (Å²) in [6, 6.07) is 15.2. The van der Waals surface area contributed by atoms with Gasteiger partial charge in [0.15, 0.2) is 0 Å². The number of carbonyl (C=O) groups excluding carboxylic acids is 2. The molecule has 0 saturated heterocycles. The topological polar surface area (TPSA) is 105 Å². The summed E-state index contributed by atoms with van der Waals surface area (Å²) in [5, 5.41) is 13.0. The van der Waals surface area contributed by atoms with Crippen LogP contribution in [-0.4, -0.2) is 46.8 Å². The molecule has 1 aliphatic rings. The fraction of sp³-hybridized carbons (Fsp3) is 0.423. The van der Waals surface area contributed by atoms with E-state index in [2.05, 4.69) is 5.32 Å².